The van der Waals surface area contributed by atoms with Gasteiger partial charge in [-0.25, -0.2) is 4.57 Å². The highest BCUT2D eigenvalue weighted by Gasteiger charge is 2.26. The van der Waals surface area contributed by atoms with E-state index in [0.717, 1.165) is 141 Å². The van der Waals surface area contributed by atoms with Gasteiger partial charge in [-0.05, 0) is 135 Å². The Morgan fingerprint density at radius 1 is 0.316 bits per heavy atom. The first-order chi connectivity index (χ1) is 46.8. The van der Waals surface area contributed by atoms with Crippen molar-refractivity contribution in [3.8, 4) is 0 Å². The van der Waals surface area contributed by atoms with E-state index < -0.39 is 26.5 Å². The summed E-state index contributed by atoms with van der Waals surface area (Å²) in [5.74, 6) is -0.836. The molecule has 2 unspecified atom stereocenters. The van der Waals surface area contributed by atoms with Crippen molar-refractivity contribution in [3.05, 3.63) is 182 Å². The van der Waals surface area contributed by atoms with Gasteiger partial charge in [0.2, 0.25) is 0 Å². The van der Waals surface area contributed by atoms with E-state index >= 15 is 0 Å². The summed E-state index contributed by atoms with van der Waals surface area (Å²) in [5, 5.41) is 0. The molecular weight excluding hydrogens is 1190 g/mol. The number of nitrogens with two attached hydrogens (primary N) is 1. The third kappa shape index (κ3) is 78.0. The van der Waals surface area contributed by atoms with E-state index in [1.807, 2.05) is 0 Å². The molecule has 0 bridgehead atoms. The lowest BCUT2D eigenvalue weighted by molar-refractivity contribution is -0.161. The van der Waals surface area contributed by atoms with E-state index in [1.165, 1.54) is 135 Å². The number of esters is 2. The van der Waals surface area contributed by atoms with Crippen LogP contribution in [-0.4, -0.2) is 49.3 Å². The minimum atomic E-state index is -4.41. The Balaban J connectivity index is 3.91. The first-order valence-corrected chi connectivity index (χ1v) is 39.8. The molecule has 3 N–H and O–H groups in total. The van der Waals surface area contributed by atoms with Crippen molar-refractivity contribution >= 4 is 19.8 Å². The van der Waals surface area contributed by atoms with Crippen molar-refractivity contribution in [2.75, 3.05) is 26.4 Å². The number of ether oxygens (including phenoxy) is 2. The van der Waals surface area contributed by atoms with Crippen LogP contribution in [0.25, 0.3) is 0 Å². The zero-order valence-corrected chi connectivity index (χ0v) is 61.5. The molecule has 0 heterocycles. The second kappa shape index (κ2) is 78.1. The molecule has 0 aliphatic carbocycles. The molecule has 538 valence electrons. The van der Waals surface area contributed by atoms with E-state index in [4.69, 9.17) is 24.3 Å². The molecule has 0 aromatic heterocycles. The molecule has 9 nitrogen and oxygen atoms in total. The Morgan fingerprint density at radius 2 is 0.547 bits per heavy atom. The molecule has 10 heteroatoms. The van der Waals surface area contributed by atoms with E-state index in [0.29, 0.717) is 6.42 Å². The van der Waals surface area contributed by atoms with Gasteiger partial charge >= 0.3 is 19.8 Å². The summed E-state index contributed by atoms with van der Waals surface area (Å²) in [6.45, 7) is 3.52. The molecule has 0 spiro atoms. The van der Waals surface area contributed by atoms with Crippen molar-refractivity contribution in [2.45, 2.75) is 315 Å². The van der Waals surface area contributed by atoms with Gasteiger partial charge in [0.05, 0.1) is 13.2 Å². The summed E-state index contributed by atoms with van der Waals surface area (Å²) in [6, 6.07) is 0. The largest absolute Gasteiger partial charge is 0.472 e. The van der Waals surface area contributed by atoms with Gasteiger partial charge in [-0.1, -0.05) is 344 Å². The maximum atomic E-state index is 12.8. The molecule has 2 atom stereocenters. The fourth-order valence-corrected chi connectivity index (χ4v) is 11.0. The summed E-state index contributed by atoms with van der Waals surface area (Å²) in [7, 11) is -4.41. The van der Waals surface area contributed by atoms with E-state index in [-0.39, 0.29) is 38.6 Å². The van der Waals surface area contributed by atoms with Gasteiger partial charge in [-0.2, -0.15) is 0 Å². The van der Waals surface area contributed by atoms with Gasteiger partial charge < -0.3 is 20.1 Å². The number of carbonyl (C=O) groups excluding carboxylic acids is 2. The minimum absolute atomic E-state index is 0.0453. The molecule has 0 aliphatic heterocycles. The summed E-state index contributed by atoms with van der Waals surface area (Å²) in [6.07, 6.45) is 117. The van der Waals surface area contributed by atoms with Gasteiger partial charge in [-0.15, -0.1) is 0 Å². The molecule has 0 saturated carbocycles. The number of phosphoric acid groups is 1. The average Bonchev–Trinajstić information content (AvgIpc) is 2.64. The number of phosphoric ester groups is 1. The van der Waals surface area contributed by atoms with Crippen LogP contribution in [-0.2, 0) is 32.7 Å². The van der Waals surface area contributed by atoms with Crippen molar-refractivity contribution in [2.24, 2.45) is 5.73 Å². The van der Waals surface area contributed by atoms with Crippen molar-refractivity contribution in [1.82, 2.24) is 0 Å². The van der Waals surface area contributed by atoms with Crippen LogP contribution >= 0.6 is 7.82 Å². The number of unbranched alkanes of at least 4 members (excludes halogenated alkanes) is 27. The standard InChI is InChI=1S/C85H140NO8P/c1-3-5-7-9-11-13-15-17-19-21-23-25-27-29-31-33-35-37-39-41-43-45-47-49-51-53-55-57-59-61-63-65-67-69-71-73-75-77-84(87)91-81-83(82-93-95(89,90)92-80-79-86)94-85(88)78-76-74-72-70-68-66-64-62-60-58-56-54-52-50-48-46-44-42-40-38-36-34-32-30-28-26-24-22-20-18-16-14-12-10-8-6-4-2/h5-8,11-14,17-20,23-26,29-32,35-38,42,44,48,50,54,56,83H,3-4,9-10,15-16,21-22,27-28,33-34,39-41,43,45-47,49,51-53,55,57-82,86H2,1-2H3,(H,89,90)/b7-5-,8-6-,13-11-,14-12-,19-17-,20-18-,25-23-,26-24-,31-29-,32-30-,37-35-,38-36-,44-42-,50-48-,56-54-. The lowest BCUT2D eigenvalue weighted by atomic mass is 10.0. The fraction of sp³-hybridized carbons (Fsp3) is 0.624. The molecule has 0 saturated heterocycles. The molecule has 0 radical (unpaired) electrons. The fourth-order valence-electron chi connectivity index (χ4n) is 10.2. The van der Waals surface area contributed by atoms with Gasteiger partial charge in [0.25, 0.3) is 0 Å². The minimum Gasteiger partial charge on any atom is -0.462 e. The molecule has 0 aromatic carbocycles. The Morgan fingerprint density at radius 3 is 0.811 bits per heavy atom. The second-order valence-corrected chi connectivity index (χ2v) is 26.2. The number of allylic oxidation sites excluding steroid dienone is 30. The van der Waals surface area contributed by atoms with Gasteiger partial charge in [-0.3, -0.25) is 18.6 Å². The Kier molecular flexibility index (Phi) is 74.1. The predicted molar refractivity (Wildman–Crippen MR) is 412 cm³/mol. The van der Waals surface area contributed by atoms with Crippen molar-refractivity contribution in [1.29, 1.82) is 0 Å². The van der Waals surface area contributed by atoms with Crippen molar-refractivity contribution in [3.63, 3.8) is 0 Å². The van der Waals surface area contributed by atoms with Crippen LogP contribution in [0.5, 0.6) is 0 Å². The number of carbonyl (C=O) groups is 2. The Bertz CT molecular complexity index is 2220. The summed E-state index contributed by atoms with van der Waals surface area (Å²) >= 11 is 0. The molecule has 0 amide bonds. The Labute approximate surface area is 584 Å². The van der Waals surface area contributed by atoms with Crippen LogP contribution in [0, 0.1) is 0 Å². The molecule has 0 fully saturated rings. The topological polar surface area (TPSA) is 134 Å². The molecular formula is C85H140NO8P. The zero-order valence-electron chi connectivity index (χ0n) is 60.6. The molecule has 0 rings (SSSR count). The summed E-state index contributed by atoms with van der Waals surface area (Å²) < 4.78 is 33.2. The number of rotatable bonds is 70. The summed E-state index contributed by atoms with van der Waals surface area (Å²) in [4.78, 5) is 35.4. The lowest BCUT2D eigenvalue weighted by Gasteiger charge is -2.19. The normalized spacial score (nSPS) is 13.9. The lowest BCUT2D eigenvalue weighted by Crippen LogP contribution is -2.29. The highest BCUT2D eigenvalue weighted by molar-refractivity contribution is 7.47. The molecule has 0 aliphatic rings. The third-order valence-corrected chi connectivity index (χ3v) is 16.8. The van der Waals surface area contributed by atoms with Crippen LogP contribution in [0.3, 0.4) is 0 Å². The van der Waals surface area contributed by atoms with Gasteiger partial charge in [0, 0.05) is 19.4 Å². The third-order valence-electron chi connectivity index (χ3n) is 15.8. The molecule has 0 aromatic rings. The highest BCUT2D eigenvalue weighted by atomic mass is 31.2. The first-order valence-electron chi connectivity index (χ1n) is 38.3. The number of hydrogen-bond donors (Lipinski definition) is 2. The van der Waals surface area contributed by atoms with Crippen molar-refractivity contribution < 1.29 is 37.6 Å². The number of hydrogen-bond acceptors (Lipinski definition) is 8. The van der Waals surface area contributed by atoms with E-state index in [1.54, 1.807) is 0 Å². The predicted octanol–water partition coefficient (Wildman–Crippen LogP) is 25.9. The average molecular weight is 1340 g/mol. The zero-order chi connectivity index (χ0) is 68.6. The van der Waals surface area contributed by atoms with E-state index in [2.05, 4.69) is 196 Å². The van der Waals surface area contributed by atoms with Crippen LogP contribution in [0.2, 0.25) is 0 Å². The van der Waals surface area contributed by atoms with Crippen LogP contribution in [0.1, 0.15) is 309 Å². The first kappa shape index (κ1) is 90.1. The maximum absolute atomic E-state index is 12.8. The van der Waals surface area contributed by atoms with Crippen LogP contribution in [0.15, 0.2) is 182 Å². The SMILES string of the molecule is CC/C=C\C/C=C\C/C=C\C/C=C\C/C=C\C/C=C\C/C=C\C/C=C\C/C=C\CCCCCCCCCCCC(=O)OC(COC(=O)CCCCCCCCCCCCCCCCCCCC/C=C\C/C=C\C/C=C\C/C=C\C/C=C\C/C=C\CC)COP(=O)(O)OCCN. The monoisotopic (exact) mass is 1330 g/mol. The Hall–Kier alpha value is -4.89. The van der Waals surface area contributed by atoms with Gasteiger partial charge in [0.15, 0.2) is 6.10 Å². The summed E-state index contributed by atoms with van der Waals surface area (Å²) in [5.41, 5.74) is 5.41. The highest BCUT2D eigenvalue weighted by Crippen LogP contribution is 2.43. The van der Waals surface area contributed by atoms with E-state index in [9.17, 15) is 19.0 Å². The van der Waals surface area contributed by atoms with Crippen LogP contribution < -0.4 is 5.73 Å². The molecule has 95 heavy (non-hydrogen) atoms. The quantitative estimate of drug-likeness (QED) is 0.0264. The van der Waals surface area contributed by atoms with Crippen LogP contribution in [0.4, 0.5) is 0 Å². The smallest absolute Gasteiger partial charge is 0.462 e. The second-order valence-electron chi connectivity index (χ2n) is 24.8. The van der Waals surface area contributed by atoms with Gasteiger partial charge in [0.1, 0.15) is 6.61 Å². The maximum Gasteiger partial charge on any atom is 0.472 e.